The Hall–Kier alpha value is -8.98. The van der Waals surface area contributed by atoms with E-state index in [2.05, 4.69) is 264 Å². The third-order valence-corrected chi connectivity index (χ3v) is 15.3. The fourth-order valence-corrected chi connectivity index (χ4v) is 12.5. The van der Waals surface area contributed by atoms with Crippen molar-refractivity contribution in [1.29, 1.82) is 0 Å². The van der Waals surface area contributed by atoms with Gasteiger partial charge in [-0.05, 0) is 143 Å². The molecule has 2 heteroatoms. The average Bonchev–Trinajstić information content (AvgIpc) is 3.92. The van der Waals surface area contributed by atoms with Crippen LogP contribution in [0.5, 0.6) is 0 Å². The lowest BCUT2D eigenvalue weighted by Crippen LogP contribution is -2.33. The van der Waals surface area contributed by atoms with E-state index in [4.69, 9.17) is 0 Å². The zero-order valence-electron chi connectivity index (χ0n) is 37.6. The van der Waals surface area contributed by atoms with Crippen molar-refractivity contribution in [1.82, 2.24) is 4.57 Å². The van der Waals surface area contributed by atoms with Gasteiger partial charge in [-0.15, -0.1) is 0 Å². The van der Waals surface area contributed by atoms with E-state index in [0.717, 1.165) is 17.1 Å². The molecule has 0 atom stereocenters. The van der Waals surface area contributed by atoms with Crippen LogP contribution in [0, 0.1) is 0 Å². The second-order valence-corrected chi connectivity index (χ2v) is 18.8. The molecule has 2 heterocycles. The van der Waals surface area contributed by atoms with Crippen LogP contribution in [0.4, 0.5) is 17.1 Å². The van der Waals surface area contributed by atoms with Gasteiger partial charge in [0.2, 0.25) is 0 Å². The molecule has 13 aromatic rings. The quantitative estimate of drug-likeness (QED) is 0.156. The molecule has 0 saturated carbocycles. The summed E-state index contributed by atoms with van der Waals surface area (Å²) in [7, 11) is 0. The fraction of sp³-hybridized carbons (Fsp3) is 0.0149. The highest BCUT2D eigenvalue weighted by Gasteiger charge is 2.51. The van der Waals surface area contributed by atoms with E-state index in [1.807, 2.05) is 0 Å². The van der Waals surface area contributed by atoms with Gasteiger partial charge in [-0.3, -0.25) is 0 Å². The molecule has 12 aromatic carbocycles. The molecule has 0 unspecified atom stereocenters. The van der Waals surface area contributed by atoms with Crippen molar-refractivity contribution < 1.29 is 0 Å². The van der Waals surface area contributed by atoms with Crippen molar-refractivity contribution in [3.8, 4) is 39.1 Å². The first-order chi connectivity index (χ1) is 34.2. The minimum atomic E-state index is -0.569. The maximum atomic E-state index is 2.55. The second kappa shape index (κ2) is 14.5. The molecular formula is C67H42N2. The van der Waals surface area contributed by atoms with Gasteiger partial charge in [-0.25, -0.2) is 0 Å². The summed E-state index contributed by atoms with van der Waals surface area (Å²) in [5.74, 6) is 0. The second-order valence-electron chi connectivity index (χ2n) is 18.8. The number of anilines is 3. The summed E-state index contributed by atoms with van der Waals surface area (Å²) in [5, 5.41) is 10.0. The highest BCUT2D eigenvalue weighted by molar-refractivity contribution is 6.26. The molecular weight excluding hydrogens is 833 g/mol. The van der Waals surface area contributed by atoms with Crippen molar-refractivity contribution in [2.24, 2.45) is 0 Å². The summed E-state index contributed by atoms with van der Waals surface area (Å²) in [6.07, 6.45) is 0. The van der Waals surface area contributed by atoms with Gasteiger partial charge in [0.05, 0.1) is 22.1 Å². The van der Waals surface area contributed by atoms with Crippen LogP contribution in [0.1, 0.15) is 22.3 Å². The zero-order chi connectivity index (χ0) is 45.2. The number of nitrogens with zero attached hydrogens (tertiary/aromatic N) is 2. The monoisotopic (exact) mass is 874 g/mol. The minimum absolute atomic E-state index is 0.569. The van der Waals surface area contributed by atoms with E-state index < -0.39 is 5.41 Å². The Kier molecular flexibility index (Phi) is 8.02. The van der Waals surface area contributed by atoms with Crippen LogP contribution in [0.3, 0.4) is 0 Å². The van der Waals surface area contributed by atoms with Crippen LogP contribution in [0.15, 0.2) is 255 Å². The molecule has 1 aliphatic carbocycles. The maximum absolute atomic E-state index is 2.55. The molecule has 69 heavy (non-hydrogen) atoms. The Morgan fingerprint density at radius 1 is 0.275 bits per heavy atom. The number of benzene rings is 12. The molecule has 0 radical (unpaired) electrons. The number of fused-ring (bicyclic) bond motifs is 18. The van der Waals surface area contributed by atoms with Crippen LogP contribution in [-0.4, -0.2) is 4.57 Å². The molecule has 2 aliphatic rings. The Morgan fingerprint density at radius 2 is 0.768 bits per heavy atom. The van der Waals surface area contributed by atoms with E-state index in [1.54, 1.807) is 0 Å². The van der Waals surface area contributed by atoms with Gasteiger partial charge < -0.3 is 9.47 Å². The SMILES string of the molecule is c1ccc(-c2cccc(-c3ccc(N(c4ccc5c6ccccc6c6ccccc6c5c4)c4cc5c6c(c4)c4ccccc4n6-c4ccccc4C54c5ccccc5-c5ccccc54)cc3)c2)cc1. The summed E-state index contributed by atoms with van der Waals surface area (Å²) in [5.41, 5.74) is 19.1. The number of aromatic nitrogens is 1. The topological polar surface area (TPSA) is 8.17 Å². The Labute approximate surface area is 400 Å². The van der Waals surface area contributed by atoms with Crippen molar-refractivity contribution in [2.75, 3.05) is 4.90 Å². The van der Waals surface area contributed by atoms with Gasteiger partial charge >= 0.3 is 0 Å². The lowest BCUT2D eigenvalue weighted by Gasteiger charge is -2.40. The Balaban J connectivity index is 1.03. The highest BCUT2D eigenvalue weighted by Crippen LogP contribution is 2.62. The smallest absolute Gasteiger partial charge is 0.0755 e. The van der Waals surface area contributed by atoms with Crippen molar-refractivity contribution in [3.05, 3.63) is 277 Å². The lowest BCUT2D eigenvalue weighted by molar-refractivity contribution is 0.748. The summed E-state index contributed by atoms with van der Waals surface area (Å²) >= 11 is 0. The van der Waals surface area contributed by atoms with E-state index in [-0.39, 0.29) is 0 Å². The number of rotatable bonds is 5. The van der Waals surface area contributed by atoms with Crippen molar-refractivity contribution >= 4 is 71.2 Å². The molecule has 0 N–H and O–H groups in total. The van der Waals surface area contributed by atoms with Crippen LogP contribution in [-0.2, 0) is 5.41 Å². The van der Waals surface area contributed by atoms with Gasteiger partial charge in [-0.2, -0.15) is 0 Å². The summed E-state index contributed by atoms with van der Waals surface area (Å²) in [4.78, 5) is 2.51. The Bertz CT molecular complexity index is 4170. The first kappa shape index (κ1) is 38.2. The first-order valence-electron chi connectivity index (χ1n) is 24.0. The molecule has 0 fully saturated rings. The van der Waals surface area contributed by atoms with Crippen LogP contribution in [0.2, 0.25) is 0 Å². The minimum Gasteiger partial charge on any atom is -0.310 e. The largest absolute Gasteiger partial charge is 0.310 e. The van der Waals surface area contributed by atoms with Crippen LogP contribution in [0.25, 0.3) is 93.2 Å². The third kappa shape index (κ3) is 5.31. The summed E-state index contributed by atoms with van der Waals surface area (Å²) < 4.78 is 2.55. The molecule has 0 amide bonds. The normalized spacial score (nSPS) is 13.0. The Morgan fingerprint density at radius 3 is 1.45 bits per heavy atom. The van der Waals surface area contributed by atoms with E-state index in [1.165, 1.54) is 115 Å². The molecule has 15 rings (SSSR count). The molecule has 2 nitrogen and oxygen atoms in total. The van der Waals surface area contributed by atoms with Gasteiger partial charge in [0.25, 0.3) is 0 Å². The maximum Gasteiger partial charge on any atom is 0.0755 e. The summed E-state index contributed by atoms with van der Waals surface area (Å²) in [6.45, 7) is 0. The van der Waals surface area contributed by atoms with Gasteiger partial charge in [0.1, 0.15) is 0 Å². The van der Waals surface area contributed by atoms with Crippen LogP contribution < -0.4 is 4.90 Å². The van der Waals surface area contributed by atoms with Crippen LogP contribution >= 0.6 is 0 Å². The lowest BCUT2D eigenvalue weighted by atomic mass is 9.65. The standard InChI is InChI=1S/C67H42N2/c1-2-17-43(18-3-1)45-19-16-20-46(39-45)44-33-35-47(36-34-44)68(48-37-38-54-52-23-5-4-21-50(52)51-22-6-7-24-53(51)58(54)40-48)49-41-59-57-27-10-14-31-64(57)69-65-32-15-13-30-62(65)67(63(42-49)66(59)69)60-28-11-8-25-55(60)56-26-9-12-29-61(56)67/h1-42H. The van der Waals surface area contributed by atoms with Gasteiger partial charge in [-0.1, -0.05) is 200 Å². The average molecular weight is 875 g/mol. The predicted molar refractivity (Wildman–Crippen MR) is 290 cm³/mol. The van der Waals surface area contributed by atoms with Gasteiger partial charge in [0, 0.05) is 27.8 Å². The fourth-order valence-electron chi connectivity index (χ4n) is 12.5. The van der Waals surface area contributed by atoms with E-state index >= 15 is 0 Å². The summed E-state index contributed by atoms with van der Waals surface area (Å²) in [6, 6.07) is 95.1. The zero-order valence-corrected chi connectivity index (χ0v) is 37.6. The third-order valence-electron chi connectivity index (χ3n) is 15.3. The number of hydrogen-bond donors (Lipinski definition) is 0. The molecule has 320 valence electrons. The number of hydrogen-bond acceptors (Lipinski definition) is 1. The molecule has 0 saturated heterocycles. The first-order valence-corrected chi connectivity index (χ1v) is 24.0. The van der Waals surface area contributed by atoms with Crippen molar-refractivity contribution in [2.45, 2.75) is 5.41 Å². The number of para-hydroxylation sites is 2. The molecule has 1 aromatic heterocycles. The highest BCUT2D eigenvalue weighted by atomic mass is 15.1. The van der Waals surface area contributed by atoms with Gasteiger partial charge in [0.15, 0.2) is 0 Å². The van der Waals surface area contributed by atoms with E-state index in [9.17, 15) is 0 Å². The van der Waals surface area contributed by atoms with E-state index in [0.29, 0.717) is 0 Å². The molecule has 1 spiro atoms. The molecule has 0 bridgehead atoms. The molecule has 1 aliphatic heterocycles. The van der Waals surface area contributed by atoms with Crippen molar-refractivity contribution in [3.63, 3.8) is 0 Å². The predicted octanol–water partition coefficient (Wildman–Crippen LogP) is 17.7.